The number of rotatable bonds is 7. The van der Waals surface area contributed by atoms with E-state index in [9.17, 15) is 13.2 Å². The Labute approximate surface area is 155 Å². The standard InChI is InChI=1S/C17H18BrNO5S/c1-3-24-13-8-10-14(11-9-13)25(21,22)19(12-17(20)23-2)16-7-5-4-6-15(16)18/h4-11H,3,12H2,1-2H3. The zero-order chi connectivity index (χ0) is 18.4. The van der Waals surface area contributed by atoms with E-state index >= 15 is 0 Å². The van der Waals surface area contributed by atoms with Gasteiger partial charge in [-0.05, 0) is 59.3 Å². The molecule has 0 amide bonds. The maximum absolute atomic E-state index is 13.1. The van der Waals surface area contributed by atoms with Crippen LogP contribution in [0.3, 0.4) is 0 Å². The second-order valence-corrected chi connectivity index (χ2v) is 7.66. The third kappa shape index (κ3) is 4.52. The van der Waals surface area contributed by atoms with Gasteiger partial charge in [-0.15, -0.1) is 0 Å². The lowest BCUT2D eigenvalue weighted by molar-refractivity contribution is -0.138. The fourth-order valence-corrected chi connectivity index (χ4v) is 4.18. The average Bonchev–Trinajstić information content (AvgIpc) is 2.61. The lowest BCUT2D eigenvalue weighted by atomic mass is 10.3. The van der Waals surface area contributed by atoms with Crippen molar-refractivity contribution in [2.24, 2.45) is 0 Å². The van der Waals surface area contributed by atoms with Gasteiger partial charge in [0.2, 0.25) is 0 Å². The van der Waals surface area contributed by atoms with E-state index in [-0.39, 0.29) is 4.90 Å². The summed E-state index contributed by atoms with van der Waals surface area (Å²) in [6, 6.07) is 12.8. The smallest absolute Gasteiger partial charge is 0.326 e. The fraction of sp³-hybridized carbons (Fsp3) is 0.235. The number of halogens is 1. The quantitative estimate of drug-likeness (QED) is 0.634. The molecule has 2 rings (SSSR count). The number of anilines is 1. The first-order valence-corrected chi connectivity index (χ1v) is 9.70. The van der Waals surface area contributed by atoms with Crippen LogP contribution in [0.25, 0.3) is 0 Å². The highest BCUT2D eigenvalue weighted by atomic mass is 79.9. The van der Waals surface area contributed by atoms with E-state index in [4.69, 9.17) is 4.74 Å². The molecule has 0 fully saturated rings. The number of sulfonamides is 1. The van der Waals surface area contributed by atoms with E-state index in [1.165, 1.54) is 19.2 Å². The van der Waals surface area contributed by atoms with Crippen molar-refractivity contribution >= 4 is 37.6 Å². The number of esters is 1. The molecule has 0 aliphatic heterocycles. The number of methoxy groups -OCH3 is 1. The fourth-order valence-electron chi connectivity index (χ4n) is 2.14. The molecular formula is C17H18BrNO5S. The van der Waals surface area contributed by atoms with Gasteiger partial charge in [-0.2, -0.15) is 0 Å². The van der Waals surface area contributed by atoms with Crippen molar-refractivity contribution in [1.29, 1.82) is 0 Å². The van der Waals surface area contributed by atoms with Crippen molar-refractivity contribution < 1.29 is 22.7 Å². The van der Waals surface area contributed by atoms with Crippen LogP contribution in [0.15, 0.2) is 57.9 Å². The number of carbonyl (C=O) groups is 1. The molecule has 0 atom stereocenters. The molecule has 134 valence electrons. The third-order valence-corrected chi connectivity index (χ3v) is 5.79. The molecule has 0 heterocycles. The Hall–Kier alpha value is -2.06. The van der Waals surface area contributed by atoms with Gasteiger partial charge in [0.05, 0.1) is 24.3 Å². The minimum atomic E-state index is -3.97. The minimum absolute atomic E-state index is 0.0515. The van der Waals surface area contributed by atoms with Gasteiger partial charge in [0, 0.05) is 4.47 Å². The van der Waals surface area contributed by atoms with E-state index in [2.05, 4.69) is 20.7 Å². The Morgan fingerprint density at radius 3 is 2.32 bits per heavy atom. The molecule has 0 aromatic heterocycles. The van der Waals surface area contributed by atoms with Crippen LogP contribution in [0, 0.1) is 0 Å². The Balaban J connectivity index is 2.47. The molecular weight excluding hydrogens is 410 g/mol. The highest BCUT2D eigenvalue weighted by Gasteiger charge is 2.28. The van der Waals surface area contributed by atoms with Crippen LogP contribution < -0.4 is 9.04 Å². The predicted octanol–water partition coefficient (Wildman–Crippen LogP) is 3.22. The highest BCUT2D eigenvalue weighted by Crippen LogP contribution is 2.31. The van der Waals surface area contributed by atoms with Crippen molar-refractivity contribution in [2.75, 3.05) is 24.6 Å². The molecule has 2 aromatic rings. The SMILES string of the molecule is CCOc1ccc(S(=O)(=O)N(CC(=O)OC)c2ccccc2Br)cc1. The summed E-state index contributed by atoms with van der Waals surface area (Å²) in [6.45, 7) is 1.89. The molecule has 8 heteroatoms. The van der Waals surface area contributed by atoms with Gasteiger partial charge < -0.3 is 9.47 Å². The topological polar surface area (TPSA) is 72.9 Å². The van der Waals surface area contributed by atoms with Crippen LogP contribution >= 0.6 is 15.9 Å². The van der Waals surface area contributed by atoms with Gasteiger partial charge in [-0.3, -0.25) is 9.10 Å². The molecule has 0 bridgehead atoms. The van der Waals surface area contributed by atoms with Crippen molar-refractivity contribution in [1.82, 2.24) is 0 Å². The zero-order valence-corrected chi connectivity index (χ0v) is 16.2. The number of hydrogen-bond donors (Lipinski definition) is 0. The summed E-state index contributed by atoms with van der Waals surface area (Å²) in [5, 5.41) is 0. The molecule has 0 aliphatic carbocycles. The van der Waals surface area contributed by atoms with Crippen molar-refractivity contribution in [2.45, 2.75) is 11.8 Å². The van der Waals surface area contributed by atoms with Gasteiger partial charge in [0.15, 0.2) is 0 Å². The van der Waals surface area contributed by atoms with Gasteiger partial charge in [-0.25, -0.2) is 8.42 Å². The molecule has 0 saturated carbocycles. The van der Waals surface area contributed by atoms with Gasteiger partial charge in [0.25, 0.3) is 10.0 Å². The third-order valence-electron chi connectivity index (χ3n) is 3.34. The summed E-state index contributed by atoms with van der Waals surface area (Å²) in [5.74, 6) is -0.0906. The van der Waals surface area contributed by atoms with Gasteiger partial charge in [-0.1, -0.05) is 12.1 Å². The largest absolute Gasteiger partial charge is 0.494 e. The van der Waals surface area contributed by atoms with Crippen LogP contribution in [0.5, 0.6) is 5.75 Å². The normalized spacial score (nSPS) is 11.0. The molecule has 0 spiro atoms. The average molecular weight is 428 g/mol. The number of carbonyl (C=O) groups excluding carboxylic acids is 1. The highest BCUT2D eigenvalue weighted by molar-refractivity contribution is 9.10. The van der Waals surface area contributed by atoms with Gasteiger partial charge >= 0.3 is 5.97 Å². The van der Waals surface area contributed by atoms with Crippen LogP contribution in [0.4, 0.5) is 5.69 Å². The first-order chi connectivity index (χ1) is 11.9. The van der Waals surface area contributed by atoms with E-state index in [0.29, 0.717) is 22.5 Å². The molecule has 0 radical (unpaired) electrons. The van der Waals surface area contributed by atoms with E-state index < -0.39 is 22.5 Å². The number of ether oxygens (including phenoxy) is 2. The maximum Gasteiger partial charge on any atom is 0.326 e. The Kier molecular flexibility index (Phi) is 6.44. The lowest BCUT2D eigenvalue weighted by Gasteiger charge is -2.24. The summed E-state index contributed by atoms with van der Waals surface area (Å²) in [7, 11) is -2.75. The molecule has 25 heavy (non-hydrogen) atoms. The molecule has 0 aliphatic rings. The van der Waals surface area contributed by atoms with Crippen LogP contribution in [0.2, 0.25) is 0 Å². The number of para-hydroxylation sites is 1. The molecule has 0 saturated heterocycles. The predicted molar refractivity (Wildman–Crippen MR) is 98.3 cm³/mol. The molecule has 0 unspecified atom stereocenters. The first-order valence-electron chi connectivity index (χ1n) is 7.47. The Morgan fingerprint density at radius 2 is 1.76 bits per heavy atom. The molecule has 6 nitrogen and oxygen atoms in total. The van der Waals surface area contributed by atoms with Crippen molar-refractivity contribution in [3.8, 4) is 5.75 Å². The maximum atomic E-state index is 13.1. The summed E-state index contributed by atoms with van der Waals surface area (Å²) < 4.78 is 37.7. The molecule has 0 N–H and O–H groups in total. The van der Waals surface area contributed by atoms with E-state index in [0.717, 1.165) is 4.31 Å². The second kappa shape index (κ2) is 8.35. The lowest BCUT2D eigenvalue weighted by Crippen LogP contribution is -2.36. The van der Waals surface area contributed by atoms with Crippen molar-refractivity contribution in [3.63, 3.8) is 0 Å². The number of hydrogen-bond acceptors (Lipinski definition) is 5. The summed E-state index contributed by atoms with van der Waals surface area (Å²) in [4.78, 5) is 11.8. The number of nitrogens with zero attached hydrogens (tertiary/aromatic N) is 1. The number of benzene rings is 2. The van der Waals surface area contributed by atoms with Crippen molar-refractivity contribution in [3.05, 3.63) is 53.0 Å². The van der Waals surface area contributed by atoms with E-state index in [1.807, 2.05) is 6.92 Å². The van der Waals surface area contributed by atoms with Crippen LogP contribution in [-0.4, -0.2) is 34.6 Å². The first kappa shape index (κ1) is 19.3. The monoisotopic (exact) mass is 427 g/mol. The van der Waals surface area contributed by atoms with E-state index in [1.54, 1.807) is 36.4 Å². The van der Waals surface area contributed by atoms with Crippen LogP contribution in [-0.2, 0) is 19.6 Å². The summed E-state index contributed by atoms with van der Waals surface area (Å²) in [5.41, 5.74) is 0.349. The Morgan fingerprint density at radius 1 is 1.12 bits per heavy atom. The summed E-state index contributed by atoms with van der Waals surface area (Å²) in [6.07, 6.45) is 0. The Bertz CT molecular complexity index is 836. The zero-order valence-electron chi connectivity index (χ0n) is 13.8. The molecule has 2 aromatic carbocycles. The second-order valence-electron chi connectivity index (χ2n) is 4.94. The minimum Gasteiger partial charge on any atom is -0.494 e. The summed E-state index contributed by atoms with van der Waals surface area (Å²) >= 11 is 3.33. The van der Waals surface area contributed by atoms with Gasteiger partial charge in [0.1, 0.15) is 12.3 Å². The van der Waals surface area contributed by atoms with Crippen LogP contribution in [0.1, 0.15) is 6.92 Å².